The summed E-state index contributed by atoms with van der Waals surface area (Å²) in [5.74, 6) is -0.915. The molecule has 0 radical (unpaired) electrons. The maximum atomic E-state index is 12.6. The Morgan fingerprint density at radius 3 is 2.28 bits per heavy atom. The Bertz CT molecular complexity index is 1000. The fraction of sp³-hybridized carbons (Fsp3) is 0.111. The molecule has 0 atom stereocenters. The van der Waals surface area contributed by atoms with Gasteiger partial charge in [-0.2, -0.15) is 5.10 Å². The molecule has 0 saturated carbocycles. The molecule has 0 fully saturated rings. The van der Waals surface area contributed by atoms with Gasteiger partial charge in [-0.15, -0.1) is 0 Å². The van der Waals surface area contributed by atoms with Gasteiger partial charge >= 0.3 is 11.7 Å². The maximum absolute atomic E-state index is 12.6. The first-order valence-corrected chi connectivity index (χ1v) is 7.59. The molecule has 3 aromatic rings. The van der Waals surface area contributed by atoms with E-state index in [2.05, 4.69) is 10.2 Å². The summed E-state index contributed by atoms with van der Waals surface area (Å²) in [5.41, 5.74) is 1.07. The number of hydrogen-bond acceptors (Lipinski definition) is 4. The van der Waals surface area contributed by atoms with Crippen LogP contribution >= 0.6 is 0 Å². The molecule has 2 N–H and O–H groups in total. The Morgan fingerprint density at radius 1 is 1.00 bits per heavy atom. The zero-order valence-corrected chi connectivity index (χ0v) is 13.2. The Morgan fingerprint density at radius 2 is 1.64 bits per heavy atom. The highest BCUT2D eigenvalue weighted by molar-refractivity contribution is 5.70. The summed E-state index contributed by atoms with van der Waals surface area (Å²) in [6.45, 7) is 0.0733. The van der Waals surface area contributed by atoms with Gasteiger partial charge in [0.15, 0.2) is 5.69 Å². The Hall–Kier alpha value is -3.48. The highest BCUT2D eigenvalue weighted by atomic mass is 16.4. The monoisotopic (exact) mass is 337 g/mol. The predicted molar refractivity (Wildman–Crippen MR) is 91.4 cm³/mol. The number of aromatic amines is 1. The van der Waals surface area contributed by atoms with Crippen LogP contribution in [0, 0.1) is 0 Å². The number of carboxylic acid groups (broad SMARTS) is 1. The summed E-state index contributed by atoms with van der Waals surface area (Å²) in [6.07, 6.45) is -0.0752. The van der Waals surface area contributed by atoms with Crippen LogP contribution in [0.2, 0.25) is 0 Å². The van der Waals surface area contributed by atoms with Gasteiger partial charge in [0.25, 0.3) is 5.56 Å². The zero-order valence-electron chi connectivity index (χ0n) is 13.2. The second-order valence-corrected chi connectivity index (χ2v) is 5.52. The number of aliphatic carboxylic acids is 1. The standard InChI is InChI=1S/C18H15N3O4/c22-15(23)10-12-6-8-13(9-7-12)11-21-17(24)16(19-20-18(21)25)14-4-2-1-3-5-14/h1-9H,10-11H2,(H,20,25)(H,22,23). The summed E-state index contributed by atoms with van der Waals surface area (Å²) < 4.78 is 1.07. The predicted octanol–water partition coefficient (Wildman–Crippen LogP) is 1.27. The average Bonchev–Trinajstić information content (AvgIpc) is 2.60. The van der Waals surface area contributed by atoms with Crippen molar-refractivity contribution in [1.29, 1.82) is 0 Å². The topological polar surface area (TPSA) is 105 Å². The SMILES string of the molecule is O=C(O)Cc1ccc(Cn2c(=O)[nH]nc(-c3ccccc3)c2=O)cc1. The Balaban J connectivity index is 1.94. The molecule has 0 spiro atoms. The maximum Gasteiger partial charge on any atom is 0.345 e. The van der Waals surface area contributed by atoms with Crippen LogP contribution in [0.3, 0.4) is 0 Å². The van der Waals surface area contributed by atoms with Crippen LogP contribution in [0.4, 0.5) is 0 Å². The van der Waals surface area contributed by atoms with E-state index in [9.17, 15) is 14.4 Å². The largest absolute Gasteiger partial charge is 0.481 e. The number of nitrogens with one attached hydrogen (secondary N) is 1. The van der Waals surface area contributed by atoms with Crippen molar-refractivity contribution in [3.05, 3.63) is 86.6 Å². The van der Waals surface area contributed by atoms with Gasteiger partial charge in [-0.25, -0.2) is 9.89 Å². The van der Waals surface area contributed by atoms with E-state index in [1.165, 1.54) is 0 Å². The van der Waals surface area contributed by atoms with Gasteiger partial charge in [-0.1, -0.05) is 54.6 Å². The summed E-state index contributed by atoms with van der Waals surface area (Å²) in [5, 5.41) is 15.0. The number of carboxylic acids is 1. The second kappa shape index (κ2) is 6.96. The number of benzene rings is 2. The lowest BCUT2D eigenvalue weighted by Gasteiger charge is -2.07. The first-order valence-electron chi connectivity index (χ1n) is 7.59. The lowest BCUT2D eigenvalue weighted by atomic mass is 10.1. The minimum absolute atomic E-state index is 0.0733. The normalized spacial score (nSPS) is 10.6. The van der Waals surface area contributed by atoms with Crippen molar-refractivity contribution in [3.8, 4) is 11.3 Å². The molecule has 0 saturated heterocycles. The quantitative estimate of drug-likeness (QED) is 0.729. The van der Waals surface area contributed by atoms with Crippen LogP contribution in [-0.2, 0) is 17.8 Å². The van der Waals surface area contributed by atoms with E-state index in [0.717, 1.165) is 4.57 Å². The van der Waals surface area contributed by atoms with Crippen molar-refractivity contribution in [2.75, 3.05) is 0 Å². The molecule has 1 aromatic heterocycles. The van der Waals surface area contributed by atoms with Gasteiger partial charge in [0.05, 0.1) is 13.0 Å². The molecule has 0 bridgehead atoms. The Kier molecular flexibility index (Phi) is 4.56. The molecule has 25 heavy (non-hydrogen) atoms. The van der Waals surface area contributed by atoms with Crippen molar-refractivity contribution in [2.45, 2.75) is 13.0 Å². The molecule has 3 rings (SSSR count). The minimum atomic E-state index is -0.915. The molecule has 2 aromatic carbocycles. The molecular formula is C18H15N3O4. The number of carbonyl (C=O) groups is 1. The smallest absolute Gasteiger partial charge is 0.345 e. The van der Waals surface area contributed by atoms with Gasteiger partial charge in [0, 0.05) is 5.56 Å². The summed E-state index contributed by atoms with van der Waals surface area (Å²) in [7, 11) is 0. The second-order valence-electron chi connectivity index (χ2n) is 5.52. The first kappa shape index (κ1) is 16.4. The lowest BCUT2D eigenvalue weighted by molar-refractivity contribution is -0.136. The van der Waals surface area contributed by atoms with Crippen LogP contribution < -0.4 is 11.2 Å². The van der Waals surface area contributed by atoms with Crippen molar-refractivity contribution in [1.82, 2.24) is 14.8 Å². The van der Waals surface area contributed by atoms with E-state index in [-0.39, 0.29) is 18.7 Å². The highest BCUT2D eigenvalue weighted by Crippen LogP contribution is 2.11. The molecular weight excluding hydrogens is 322 g/mol. The number of H-pyrrole nitrogens is 1. The van der Waals surface area contributed by atoms with Gasteiger partial charge in [-0.3, -0.25) is 14.2 Å². The number of aromatic nitrogens is 3. The van der Waals surface area contributed by atoms with Crippen LogP contribution in [-0.4, -0.2) is 25.8 Å². The molecule has 1 heterocycles. The molecule has 0 amide bonds. The van der Waals surface area contributed by atoms with Crippen molar-refractivity contribution in [3.63, 3.8) is 0 Å². The molecule has 0 unspecified atom stereocenters. The van der Waals surface area contributed by atoms with Gasteiger partial charge in [-0.05, 0) is 11.1 Å². The number of hydrogen-bond donors (Lipinski definition) is 2. The third kappa shape index (κ3) is 3.72. The van der Waals surface area contributed by atoms with Crippen LogP contribution in [0.1, 0.15) is 11.1 Å². The van der Waals surface area contributed by atoms with E-state index < -0.39 is 17.2 Å². The average molecular weight is 337 g/mol. The van der Waals surface area contributed by atoms with E-state index in [4.69, 9.17) is 5.11 Å². The van der Waals surface area contributed by atoms with Gasteiger partial charge < -0.3 is 5.11 Å². The molecule has 7 heteroatoms. The fourth-order valence-electron chi connectivity index (χ4n) is 2.48. The van der Waals surface area contributed by atoms with Crippen molar-refractivity contribution < 1.29 is 9.90 Å². The summed E-state index contributed by atoms with van der Waals surface area (Å²) >= 11 is 0. The Labute approximate surface area is 142 Å². The third-order valence-electron chi connectivity index (χ3n) is 3.72. The van der Waals surface area contributed by atoms with E-state index in [1.807, 2.05) is 6.07 Å². The fourth-order valence-corrected chi connectivity index (χ4v) is 2.48. The zero-order chi connectivity index (χ0) is 17.8. The van der Waals surface area contributed by atoms with Crippen molar-refractivity contribution in [2.24, 2.45) is 0 Å². The molecule has 126 valence electrons. The number of rotatable bonds is 5. The third-order valence-corrected chi connectivity index (χ3v) is 3.72. The van der Waals surface area contributed by atoms with E-state index in [1.54, 1.807) is 48.5 Å². The molecule has 0 aliphatic heterocycles. The van der Waals surface area contributed by atoms with Gasteiger partial charge in [0.1, 0.15) is 0 Å². The molecule has 7 nitrogen and oxygen atoms in total. The summed E-state index contributed by atoms with van der Waals surface area (Å²) in [4.78, 5) is 35.3. The van der Waals surface area contributed by atoms with Crippen LogP contribution in [0.5, 0.6) is 0 Å². The van der Waals surface area contributed by atoms with Crippen LogP contribution in [0.15, 0.2) is 64.2 Å². The highest BCUT2D eigenvalue weighted by Gasteiger charge is 2.11. The summed E-state index contributed by atoms with van der Waals surface area (Å²) in [6, 6.07) is 15.6. The van der Waals surface area contributed by atoms with E-state index in [0.29, 0.717) is 16.7 Å². The number of nitrogens with zero attached hydrogens (tertiary/aromatic N) is 2. The molecule has 0 aliphatic carbocycles. The molecule has 0 aliphatic rings. The van der Waals surface area contributed by atoms with E-state index >= 15 is 0 Å². The van der Waals surface area contributed by atoms with Gasteiger partial charge in [0.2, 0.25) is 0 Å². The van der Waals surface area contributed by atoms with Crippen molar-refractivity contribution >= 4 is 5.97 Å². The van der Waals surface area contributed by atoms with Crippen LogP contribution in [0.25, 0.3) is 11.3 Å². The first-order chi connectivity index (χ1) is 12.0. The minimum Gasteiger partial charge on any atom is -0.481 e. The lowest BCUT2D eigenvalue weighted by Crippen LogP contribution is -2.37.